The van der Waals surface area contributed by atoms with E-state index < -0.39 is 0 Å². The molecule has 18 aromatic rings. The molecular weight excluding hydrogens is 1220 g/mol. The lowest BCUT2D eigenvalue weighted by atomic mass is 9.78. The molecule has 0 N–H and O–H groups in total. The molecular formula is C88H62BClN6O2. The summed E-state index contributed by atoms with van der Waals surface area (Å²) in [6, 6.07) is 105. The van der Waals surface area contributed by atoms with Crippen LogP contribution in [0.3, 0.4) is 0 Å². The molecule has 0 unspecified atom stereocenters. The van der Waals surface area contributed by atoms with Gasteiger partial charge in [0.2, 0.25) is 0 Å². The lowest BCUT2D eigenvalue weighted by Gasteiger charge is -2.32. The topological polar surface area (TPSA) is 95.8 Å². The normalized spacial score (nSPS) is 13.4. The van der Waals surface area contributed by atoms with Gasteiger partial charge in [-0.2, -0.15) is 0 Å². The maximum Gasteiger partial charge on any atom is 0.494 e. The van der Waals surface area contributed by atoms with Crippen LogP contribution in [-0.2, 0) is 9.31 Å². The van der Waals surface area contributed by atoms with E-state index in [1.54, 1.807) is 0 Å². The average molecular weight is 1280 g/mol. The Bertz CT molecular complexity index is 6140. The van der Waals surface area contributed by atoms with E-state index in [0.717, 1.165) is 89.0 Å². The first kappa shape index (κ1) is 60.1. The van der Waals surface area contributed by atoms with Crippen LogP contribution < -0.4 is 5.46 Å². The lowest BCUT2D eigenvalue weighted by Crippen LogP contribution is -2.41. The Labute approximate surface area is 572 Å². The van der Waals surface area contributed by atoms with Crippen molar-refractivity contribution in [1.82, 2.24) is 29.9 Å². The number of para-hydroxylation sites is 4. The van der Waals surface area contributed by atoms with Crippen molar-refractivity contribution >= 4 is 132 Å². The molecule has 0 bridgehead atoms. The summed E-state index contributed by atoms with van der Waals surface area (Å²) in [5.41, 5.74) is 12.2. The number of halogens is 1. The predicted octanol–water partition coefficient (Wildman–Crippen LogP) is 22.2. The van der Waals surface area contributed by atoms with E-state index in [-0.39, 0.29) is 18.3 Å². The zero-order chi connectivity index (χ0) is 66.1. The molecule has 0 radical (unpaired) electrons. The van der Waals surface area contributed by atoms with Crippen molar-refractivity contribution in [2.45, 2.75) is 38.9 Å². The van der Waals surface area contributed by atoms with Gasteiger partial charge in [0.15, 0.2) is 11.6 Å². The number of fused-ring (bicyclic) bond motifs is 18. The fourth-order valence-electron chi connectivity index (χ4n) is 14.0. The fraction of sp³-hybridized carbons (Fsp3) is 0.0682. The highest BCUT2D eigenvalue weighted by Gasteiger charge is 2.51. The summed E-state index contributed by atoms with van der Waals surface area (Å²) in [6.45, 7) is 8.34. The number of hydrogen-bond acceptors (Lipinski definition) is 8. The molecule has 5 heterocycles. The second kappa shape index (κ2) is 24.6. The van der Waals surface area contributed by atoms with Crippen molar-refractivity contribution in [2.75, 3.05) is 0 Å². The number of nitrogens with zero attached hydrogens (tertiary/aromatic N) is 6. The molecule has 19 rings (SSSR count). The van der Waals surface area contributed by atoms with Gasteiger partial charge in [0.05, 0.1) is 50.4 Å². The maximum atomic E-state index is 6.29. The van der Waals surface area contributed by atoms with Crippen molar-refractivity contribution in [2.24, 2.45) is 0 Å². The number of pyridine rings is 2. The molecule has 0 saturated carbocycles. The maximum absolute atomic E-state index is 6.29. The highest BCUT2D eigenvalue weighted by atomic mass is 35.5. The Morgan fingerprint density at radius 3 is 0.959 bits per heavy atom. The van der Waals surface area contributed by atoms with Crippen LogP contribution in [0.2, 0.25) is 5.15 Å². The zero-order valence-corrected chi connectivity index (χ0v) is 55.1. The van der Waals surface area contributed by atoms with Crippen molar-refractivity contribution in [3.8, 4) is 56.5 Å². The minimum absolute atomic E-state index is 0.369. The molecule has 4 aromatic heterocycles. The van der Waals surface area contributed by atoms with Crippen LogP contribution in [0.1, 0.15) is 27.7 Å². The first-order valence-electron chi connectivity index (χ1n) is 33.1. The Morgan fingerprint density at radius 1 is 0.245 bits per heavy atom. The number of hydrogen-bond donors (Lipinski definition) is 0. The largest absolute Gasteiger partial charge is 0.494 e. The van der Waals surface area contributed by atoms with E-state index >= 15 is 0 Å². The highest BCUT2D eigenvalue weighted by Crippen LogP contribution is 2.46. The molecule has 1 fully saturated rings. The summed E-state index contributed by atoms with van der Waals surface area (Å²) in [7, 11) is -0.384. The molecule has 0 amide bonds. The second-order valence-corrected chi connectivity index (χ2v) is 26.3. The minimum atomic E-state index is -0.384. The molecule has 8 nitrogen and oxygen atoms in total. The first-order valence-corrected chi connectivity index (χ1v) is 33.5. The third-order valence-corrected chi connectivity index (χ3v) is 19.8. The van der Waals surface area contributed by atoms with Crippen LogP contribution in [0.5, 0.6) is 0 Å². The van der Waals surface area contributed by atoms with Gasteiger partial charge in [-0.15, -0.1) is 0 Å². The number of benzene rings is 14. The SMILES string of the molecule is CC1(C)OB(c2ccc(-c3nc4ccccc4c4c5ccccc5c5ccccc5c34)cc2)OC1(C)C.Clc1nc(-c2ccccc2)nc2ccccc12.c1ccc(-c2nc(-c3ccc(-c4nc5ccccc5c5c6ccccc6c6ccccc6c45)cc3)c3ccccc3n2)cc1. The van der Waals surface area contributed by atoms with Gasteiger partial charge < -0.3 is 9.31 Å². The number of rotatable bonds is 6. The van der Waals surface area contributed by atoms with Crippen molar-refractivity contribution < 1.29 is 9.31 Å². The van der Waals surface area contributed by atoms with Gasteiger partial charge in [0.25, 0.3) is 0 Å². The summed E-state index contributed by atoms with van der Waals surface area (Å²) in [5, 5.41) is 19.6. The minimum Gasteiger partial charge on any atom is -0.399 e. The Morgan fingerprint density at radius 2 is 0.541 bits per heavy atom. The van der Waals surface area contributed by atoms with Gasteiger partial charge in [0.1, 0.15) is 5.15 Å². The Balaban J connectivity index is 0.000000120. The van der Waals surface area contributed by atoms with E-state index in [4.69, 9.17) is 40.8 Å². The molecule has 1 aliphatic heterocycles. The van der Waals surface area contributed by atoms with Crippen molar-refractivity contribution in [3.63, 3.8) is 0 Å². The van der Waals surface area contributed by atoms with Gasteiger partial charge in [-0.05, 0) is 107 Å². The van der Waals surface area contributed by atoms with Crippen LogP contribution in [-0.4, -0.2) is 48.2 Å². The van der Waals surface area contributed by atoms with Crippen LogP contribution in [0.4, 0.5) is 0 Å². The van der Waals surface area contributed by atoms with E-state index in [1.165, 1.54) is 75.4 Å². The van der Waals surface area contributed by atoms with Crippen molar-refractivity contribution in [3.05, 3.63) is 308 Å². The molecule has 1 aliphatic rings. The third-order valence-electron chi connectivity index (χ3n) is 19.5. The summed E-state index contributed by atoms with van der Waals surface area (Å²) in [5.74, 6) is 1.39. The molecule has 0 spiro atoms. The van der Waals surface area contributed by atoms with Crippen LogP contribution in [0, 0.1) is 0 Å². The molecule has 0 atom stereocenters. The van der Waals surface area contributed by atoms with E-state index in [9.17, 15) is 0 Å². The molecule has 98 heavy (non-hydrogen) atoms. The van der Waals surface area contributed by atoms with Gasteiger partial charge in [-0.1, -0.05) is 285 Å². The monoisotopic (exact) mass is 1280 g/mol. The Kier molecular flexibility index (Phi) is 15.1. The Hall–Kier alpha value is -11.6. The molecule has 10 heteroatoms. The van der Waals surface area contributed by atoms with Gasteiger partial charge in [-0.25, -0.2) is 29.9 Å². The average Bonchev–Trinajstić information content (AvgIpc) is 0.864. The highest BCUT2D eigenvalue weighted by molar-refractivity contribution is 6.62. The quantitative estimate of drug-likeness (QED) is 0.0923. The standard InChI is InChI=1S/C41H25N3.C33H28BNO2.C14H9ClN2/c1-2-12-28(13-3-1)41-43-36-21-11-9-19-34(36)39(44-41)26-22-24-27(25-23-26)40-38-32-17-7-5-15-30(32)29-14-4-6-16-31(29)37(38)33-18-8-10-20-35(33)42-40;1-32(2)33(3,4)37-34(36-32)22-19-17-21(18-20-22)31-30-26-14-8-6-12-24(26)23-11-5-7-13-25(23)29(30)27-15-9-10-16-28(27)35-31;15-13-11-8-4-5-9-12(11)16-14(17-13)10-6-2-1-3-7-10/h1-25H;5-20H,1-4H3;1-9H. The van der Waals surface area contributed by atoms with Crippen molar-refractivity contribution in [1.29, 1.82) is 0 Å². The van der Waals surface area contributed by atoms with Crippen LogP contribution in [0.25, 0.3) is 165 Å². The molecule has 14 aromatic carbocycles. The molecule has 1 saturated heterocycles. The van der Waals surface area contributed by atoms with E-state index in [1.807, 2.05) is 84.9 Å². The van der Waals surface area contributed by atoms with Gasteiger partial charge in [-0.3, -0.25) is 0 Å². The number of aromatic nitrogens is 6. The van der Waals surface area contributed by atoms with Gasteiger partial charge >= 0.3 is 7.12 Å². The summed E-state index contributed by atoms with van der Waals surface area (Å²) < 4.78 is 12.6. The van der Waals surface area contributed by atoms with Crippen LogP contribution >= 0.6 is 11.6 Å². The first-order chi connectivity index (χ1) is 48.0. The summed E-state index contributed by atoms with van der Waals surface area (Å²) >= 11 is 6.16. The van der Waals surface area contributed by atoms with E-state index in [2.05, 4.69) is 256 Å². The van der Waals surface area contributed by atoms with Gasteiger partial charge in [0, 0.05) is 70.9 Å². The second-order valence-electron chi connectivity index (χ2n) is 25.9. The molecule has 466 valence electrons. The molecule has 0 aliphatic carbocycles. The van der Waals surface area contributed by atoms with Crippen LogP contribution in [0.15, 0.2) is 303 Å². The fourth-order valence-corrected chi connectivity index (χ4v) is 14.2. The summed E-state index contributed by atoms with van der Waals surface area (Å²) in [6.07, 6.45) is 0. The third kappa shape index (κ3) is 10.6. The smallest absolute Gasteiger partial charge is 0.399 e. The summed E-state index contributed by atoms with van der Waals surface area (Å²) in [4.78, 5) is 29.4. The predicted molar refractivity (Wildman–Crippen MR) is 409 cm³/mol. The van der Waals surface area contributed by atoms with E-state index in [0.29, 0.717) is 11.0 Å². The zero-order valence-electron chi connectivity index (χ0n) is 54.3. The lowest BCUT2D eigenvalue weighted by molar-refractivity contribution is 0.00578.